The quantitative estimate of drug-likeness (QED) is 0.791. The lowest BCUT2D eigenvalue weighted by Crippen LogP contribution is -2.32. The van der Waals surface area contributed by atoms with Crippen LogP contribution in [0, 0.1) is 17.7 Å². The van der Waals surface area contributed by atoms with Crippen LogP contribution in [0.15, 0.2) is 18.2 Å². The van der Waals surface area contributed by atoms with Crippen molar-refractivity contribution in [2.75, 3.05) is 26.3 Å². The van der Waals surface area contributed by atoms with Crippen LogP contribution in [0.5, 0.6) is 0 Å². The van der Waals surface area contributed by atoms with Crippen LogP contribution >= 0.6 is 0 Å². The maximum Gasteiger partial charge on any atom is 0.255 e. The highest BCUT2D eigenvalue weighted by atomic mass is 19.1. The zero-order chi connectivity index (χ0) is 15.0. The van der Waals surface area contributed by atoms with Crippen molar-refractivity contribution in [3.63, 3.8) is 0 Å². The van der Waals surface area contributed by atoms with Crippen molar-refractivity contribution in [2.24, 2.45) is 0 Å². The first-order valence-electron chi connectivity index (χ1n) is 6.43. The van der Waals surface area contributed by atoms with Crippen molar-refractivity contribution in [1.29, 1.82) is 0 Å². The molecule has 0 heterocycles. The van der Waals surface area contributed by atoms with E-state index in [1.807, 2.05) is 6.92 Å². The molecule has 4 nitrogen and oxygen atoms in total. The van der Waals surface area contributed by atoms with Gasteiger partial charge < -0.3 is 15.1 Å². The van der Waals surface area contributed by atoms with Crippen LogP contribution in [0.2, 0.25) is 0 Å². The normalized spacial score (nSPS) is 9.80. The first-order chi connectivity index (χ1) is 9.63. The molecule has 0 radical (unpaired) electrons. The highest BCUT2D eigenvalue weighted by Gasteiger charge is 2.17. The second-order valence-corrected chi connectivity index (χ2v) is 4.11. The number of aliphatic hydroxyl groups excluding tert-OH is 2. The summed E-state index contributed by atoms with van der Waals surface area (Å²) in [7, 11) is 0. The second-order valence-electron chi connectivity index (χ2n) is 4.11. The summed E-state index contributed by atoms with van der Waals surface area (Å²) in [6.07, 6.45) is 0.465. The summed E-state index contributed by atoms with van der Waals surface area (Å²) in [5.41, 5.74) is 0.554. The first-order valence-corrected chi connectivity index (χ1v) is 6.43. The number of benzene rings is 1. The fraction of sp³-hybridized carbons (Fsp3) is 0.400. The fourth-order valence-corrected chi connectivity index (χ4v) is 1.77. The van der Waals surface area contributed by atoms with E-state index in [4.69, 9.17) is 10.2 Å². The minimum atomic E-state index is -0.513. The fourth-order valence-electron chi connectivity index (χ4n) is 1.77. The number of carbonyl (C=O) groups excluding carboxylic acids is 1. The Morgan fingerprint density at radius 2 is 2.15 bits per heavy atom. The molecule has 0 fully saturated rings. The van der Waals surface area contributed by atoms with Crippen molar-refractivity contribution in [3.05, 3.63) is 35.1 Å². The van der Waals surface area contributed by atoms with Gasteiger partial charge >= 0.3 is 0 Å². The van der Waals surface area contributed by atoms with Gasteiger partial charge in [0.1, 0.15) is 12.4 Å². The highest BCUT2D eigenvalue weighted by molar-refractivity contribution is 5.96. The summed E-state index contributed by atoms with van der Waals surface area (Å²) in [6, 6.07) is 3.79. The molecule has 0 saturated heterocycles. The van der Waals surface area contributed by atoms with Gasteiger partial charge in [0.2, 0.25) is 0 Å². The Hall–Kier alpha value is -1.90. The summed E-state index contributed by atoms with van der Waals surface area (Å²) in [6.45, 7) is 2.34. The minimum Gasteiger partial charge on any atom is -0.396 e. The maximum atomic E-state index is 13.3. The van der Waals surface area contributed by atoms with E-state index in [1.54, 1.807) is 0 Å². The molecule has 5 heteroatoms. The first kappa shape index (κ1) is 16.2. The number of aliphatic hydroxyl groups is 2. The highest BCUT2D eigenvalue weighted by Crippen LogP contribution is 2.13. The zero-order valence-corrected chi connectivity index (χ0v) is 11.4. The topological polar surface area (TPSA) is 60.8 Å². The molecule has 2 N–H and O–H groups in total. The van der Waals surface area contributed by atoms with Crippen LogP contribution in [0.3, 0.4) is 0 Å². The number of amides is 1. The van der Waals surface area contributed by atoms with Gasteiger partial charge in [0.05, 0.1) is 5.56 Å². The Balaban J connectivity index is 3.08. The van der Waals surface area contributed by atoms with Gasteiger partial charge in [-0.3, -0.25) is 4.79 Å². The molecule has 0 unspecified atom stereocenters. The average molecular weight is 279 g/mol. The molecule has 1 amide bonds. The minimum absolute atomic E-state index is 0.00982. The van der Waals surface area contributed by atoms with E-state index in [-0.39, 0.29) is 24.7 Å². The van der Waals surface area contributed by atoms with Crippen molar-refractivity contribution >= 4 is 5.91 Å². The van der Waals surface area contributed by atoms with Gasteiger partial charge in [0.15, 0.2) is 0 Å². The van der Waals surface area contributed by atoms with Crippen molar-refractivity contribution in [1.82, 2.24) is 4.90 Å². The Morgan fingerprint density at radius 3 is 2.75 bits per heavy atom. The van der Waals surface area contributed by atoms with Gasteiger partial charge in [0, 0.05) is 25.3 Å². The third kappa shape index (κ3) is 4.34. The molecule has 0 spiro atoms. The molecular weight excluding hydrogens is 261 g/mol. The largest absolute Gasteiger partial charge is 0.396 e. The van der Waals surface area contributed by atoms with Crippen LogP contribution in [0.1, 0.15) is 29.3 Å². The van der Waals surface area contributed by atoms with Crippen molar-refractivity contribution in [2.45, 2.75) is 13.3 Å². The Morgan fingerprint density at radius 1 is 1.40 bits per heavy atom. The molecule has 1 aromatic rings. The van der Waals surface area contributed by atoms with Gasteiger partial charge in [-0.2, -0.15) is 0 Å². The standard InChI is InChI=1S/C15H18FNO3/c1-2-17(8-4-10-19)15(20)14-11-13(16)7-6-12(14)5-3-9-18/h6-7,11,18-19H,2,4,8-10H2,1H3. The molecule has 1 aromatic carbocycles. The molecule has 0 aliphatic heterocycles. The maximum absolute atomic E-state index is 13.3. The molecular formula is C15H18FNO3. The summed E-state index contributed by atoms with van der Waals surface area (Å²) in [4.78, 5) is 13.9. The number of halogens is 1. The van der Waals surface area contributed by atoms with Crippen LogP contribution in [-0.4, -0.2) is 47.3 Å². The Bertz CT molecular complexity index is 520. The second kappa shape index (κ2) is 8.31. The SMILES string of the molecule is CCN(CCCO)C(=O)c1cc(F)ccc1C#CCO. The summed E-state index contributed by atoms with van der Waals surface area (Å²) < 4.78 is 13.3. The third-order valence-electron chi connectivity index (χ3n) is 2.77. The van der Waals surface area contributed by atoms with Crippen molar-refractivity contribution < 1.29 is 19.4 Å². The number of carbonyl (C=O) groups is 1. The van der Waals surface area contributed by atoms with E-state index in [1.165, 1.54) is 17.0 Å². The molecule has 0 aliphatic carbocycles. The van der Waals surface area contributed by atoms with Gasteiger partial charge in [0.25, 0.3) is 5.91 Å². The van der Waals surface area contributed by atoms with E-state index in [9.17, 15) is 9.18 Å². The predicted octanol–water partition coefficient (Wildman–Crippen LogP) is 1.01. The monoisotopic (exact) mass is 279 g/mol. The lowest BCUT2D eigenvalue weighted by atomic mass is 10.1. The van der Waals surface area contributed by atoms with Crippen LogP contribution in [0.25, 0.3) is 0 Å². The molecule has 0 aromatic heterocycles. The molecule has 0 atom stereocenters. The molecule has 1 rings (SSSR count). The number of rotatable bonds is 5. The van der Waals surface area contributed by atoms with Gasteiger partial charge in [-0.1, -0.05) is 11.8 Å². The summed E-state index contributed by atoms with van der Waals surface area (Å²) in [5, 5.41) is 17.5. The Labute approximate surface area is 117 Å². The molecule has 0 bridgehead atoms. The smallest absolute Gasteiger partial charge is 0.255 e. The van der Waals surface area contributed by atoms with Crippen molar-refractivity contribution in [3.8, 4) is 11.8 Å². The average Bonchev–Trinajstić information content (AvgIpc) is 2.46. The van der Waals surface area contributed by atoms with E-state index in [0.29, 0.717) is 25.1 Å². The molecule has 20 heavy (non-hydrogen) atoms. The number of hydrogen-bond acceptors (Lipinski definition) is 3. The van der Waals surface area contributed by atoms with E-state index >= 15 is 0 Å². The van der Waals surface area contributed by atoms with Gasteiger partial charge in [-0.05, 0) is 31.5 Å². The summed E-state index contributed by atoms with van der Waals surface area (Å²) in [5.74, 6) is 4.25. The van der Waals surface area contributed by atoms with E-state index in [0.717, 1.165) is 6.07 Å². The van der Waals surface area contributed by atoms with Crippen LogP contribution in [0.4, 0.5) is 4.39 Å². The third-order valence-corrected chi connectivity index (χ3v) is 2.77. The van der Waals surface area contributed by atoms with E-state index in [2.05, 4.69) is 11.8 Å². The van der Waals surface area contributed by atoms with Gasteiger partial charge in [-0.25, -0.2) is 4.39 Å². The van der Waals surface area contributed by atoms with E-state index < -0.39 is 5.82 Å². The molecule has 0 saturated carbocycles. The van der Waals surface area contributed by atoms with Gasteiger partial charge in [-0.15, -0.1) is 0 Å². The molecule has 108 valence electrons. The van der Waals surface area contributed by atoms with Crippen LogP contribution < -0.4 is 0 Å². The number of hydrogen-bond donors (Lipinski definition) is 2. The molecule has 0 aliphatic rings. The predicted molar refractivity (Wildman–Crippen MR) is 73.6 cm³/mol. The van der Waals surface area contributed by atoms with Crippen LogP contribution in [-0.2, 0) is 0 Å². The zero-order valence-electron chi connectivity index (χ0n) is 11.4. The Kier molecular flexibility index (Phi) is 6.71. The summed E-state index contributed by atoms with van der Waals surface area (Å²) >= 11 is 0. The lowest BCUT2D eigenvalue weighted by molar-refractivity contribution is 0.0753. The number of nitrogens with zero attached hydrogens (tertiary/aromatic N) is 1. The lowest BCUT2D eigenvalue weighted by Gasteiger charge is -2.21.